The number of nitrogens with zero attached hydrogens (tertiary/aromatic N) is 2. The molecule has 1 saturated carbocycles. The Labute approximate surface area is 295 Å². The fourth-order valence-electron chi connectivity index (χ4n) is 8.96. The van der Waals surface area contributed by atoms with Crippen molar-refractivity contribution in [1.82, 2.24) is 0 Å². The summed E-state index contributed by atoms with van der Waals surface area (Å²) >= 11 is 0. The maximum atomic E-state index is 12.4. The van der Waals surface area contributed by atoms with Crippen LogP contribution >= 0.6 is 0 Å². The highest BCUT2D eigenvalue weighted by atomic mass is 16.3. The molecule has 0 heterocycles. The lowest BCUT2D eigenvalue weighted by Crippen LogP contribution is -2.52. The SMILES string of the molecule is CCCN(CCC)c1c2ccccc2c(C2C(O)C(c3c4c(O)cccc4c(N(CCC)CCC)c4cccc(O)c34)C2O)c2ccccc12. The van der Waals surface area contributed by atoms with Gasteiger partial charge in [-0.15, -0.1) is 0 Å². The summed E-state index contributed by atoms with van der Waals surface area (Å²) in [5.41, 5.74) is 3.71. The summed E-state index contributed by atoms with van der Waals surface area (Å²) in [6, 6.07) is 27.9. The van der Waals surface area contributed by atoms with Gasteiger partial charge in [0.25, 0.3) is 0 Å². The molecule has 0 spiro atoms. The number of benzene rings is 6. The Kier molecular flexibility index (Phi) is 9.51. The molecule has 260 valence electrons. The van der Waals surface area contributed by atoms with Gasteiger partial charge in [0, 0.05) is 70.3 Å². The monoisotopic (exact) mass is 670 g/mol. The van der Waals surface area contributed by atoms with E-state index in [0.29, 0.717) is 16.3 Å². The largest absolute Gasteiger partial charge is 0.507 e. The molecule has 50 heavy (non-hydrogen) atoms. The van der Waals surface area contributed by atoms with Gasteiger partial charge in [0.1, 0.15) is 11.5 Å². The van der Waals surface area contributed by atoms with E-state index in [2.05, 4.69) is 73.9 Å². The van der Waals surface area contributed by atoms with Gasteiger partial charge in [0.15, 0.2) is 0 Å². The Bertz CT molecular complexity index is 2040. The predicted molar refractivity (Wildman–Crippen MR) is 209 cm³/mol. The summed E-state index contributed by atoms with van der Waals surface area (Å²) in [5.74, 6) is -1.16. The maximum Gasteiger partial charge on any atom is 0.123 e. The molecule has 2 atom stereocenters. The molecule has 0 radical (unpaired) electrons. The Morgan fingerprint density at radius 3 is 1.18 bits per heavy atom. The third kappa shape index (κ3) is 5.32. The standard InChI is InChI=1S/C44H50N2O4/c1-5-23-45(24-6-2)41-29-17-11-9-15-27(29)35(28-16-10-12-18-30(28)41)39-43(49)40(44(39)50)38-36-31(19-13-21-33(36)47)42(46(25-7-3)26-8-4)32-20-14-22-34(48)37(32)38/h9-22,39-40,43-44,47-50H,5-8,23-26H2,1-4H3. The van der Waals surface area contributed by atoms with Crippen molar-refractivity contribution in [2.24, 2.45) is 0 Å². The van der Waals surface area contributed by atoms with Gasteiger partial charge in [-0.2, -0.15) is 0 Å². The molecule has 0 aromatic heterocycles. The molecule has 0 saturated heterocycles. The van der Waals surface area contributed by atoms with E-state index in [9.17, 15) is 20.4 Å². The normalized spacial score (nSPS) is 19.0. The minimum absolute atomic E-state index is 0.0758. The average Bonchev–Trinajstić information content (AvgIpc) is 3.11. The fraction of sp³-hybridized carbons (Fsp3) is 0.364. The summed E-state index contributed by atoms with van der Waals surface area (Å²) in [6.45, 7) is 12.3. The molecule has 0 amide bonds. The minimum Gasteiger partial charge on any atom is -0.507 e. The van der Waals surface area contributed by atoms with Crippen molar-refractivity contribution in [3.8, 4) is 11.5 Å². The zero-order chi connectivity index (χ0) is 35.1. The van der Waals surface area contributed by atoms with Crippen LogP contribution in [0.5, 0.6) is 11.5 Å². The summed E-state index contributed by atoms with van der Waals surface area (Å²) in [5, 5.41) is 55.2. The molecule has 1 fully saturated rings. The van der Waals surface area contributed by atoms with E-state index in [1.54, 1.807) is 12.1 Å². The zero-order valence-electron chi connectivity index (χ0n) is 29.7. The number of aliphatic hydroxyl groups is 2. The predicted octanol–water partition coefficient (Wildman–Crippen LogP) is 9.57. The maximum absolute atomic E-state index is 12.4. The van der Waals surface area contributed by atoms with E-state index < -0.39 is 24.0 Å². The summed E-state index contributed by atoms with van der Waals surface area (Å²) < 4.78 is 0. The van der Waals surface area contributed by atoms with Crippen molar-refractivity contribution in [2.75, 3.05) is 36.0 Å². The number of rotatable bonds is 12. The highest BCUT2D eigenvalue weighted by Crippen LogP contribution is 2.58. The van der Waals surface area contributed by atoms with E-state index in [-0.39, 0.29) is 11.5 Å². The number of aromatic hydroxyl groups is 2. The lowest BCUT2D eigenvalue weighted by molar-refractivity contribution is -0.0766. The molecule has 4 N–H and O–H groups in total. The topological polar surface area (TPSA) is 87.4 Å². The smallest absolute Gasteiger partial charge is 0.123 e. The van der Waals surface area contributed by atoms with Crippen LogP contribution in [-0.4, -0.2) is 58.8 Å². The molecule has 6 heteroatoms. The van der Waals surface area contributed by atoms with Crippen LogP contribution in [0.3, 0.4) is 0 Å². The van der Waals surface area contributed by atoms with E-state index in [1.165, 1.54) is 5.69 Å². The van der Waals surface area contributed by atoms with Gasteiger partial charge >= 0.3 is 0 Å². The van der Waals surface area contributed by atoms with Crippen molar-refractivity contribution >= 4 is 54.5 Å². The second kappa shape index (κ2) is 14.0. The second-order valence-corrected chi connectivity index (χ2v) is 14.0. The van der Waals surface area contributed by atoms with Gasteiger partial charge in [0.05, 0.1) is 23.6 Å². The van der Waals surface area contributed by atoms with Crippen LogP contribution in [0.1, 0.15) is 76.3 Å². The zero-order valence-corrected chi connectivity index (χ0v) is 29.7. The van der Waals surface area contributed by atoms with Gasteiger partial charge in [-0.1, -0.05) is 100 Å². The van der Waals surface area contributed by atoms with Crippen LogP contribution in [0.4, 0.5) is 11.4 Å². The molecule has 6 nitrogen and oxygen atoms in total. The Balaban J connectivity index is 1.46. The summed E-state index contributed by atoms with van der Waals surface area (Å²) in [6.07, 6.45) is 2.01. The number of phenols is 2. The van der Waals surface area contributed by atoms with Crippen LogP contribution in [-0.2, 0) is 0 Å². The number of hydrogen-bond donors (Lipinski definition) is 4. The third-order valence-electron chi connectivity index (χ3n) is 10.8. The van der Waals surface area contributed by atoms with Crippen molar-refractivity contribution in [1.29, 1.82) is 0 Å². The molecule has 2 unspecified atom stereocenters. The van der Waals surface area contributed by atoms with Gasteiger partial charge in [0.2, 0.25) is 0 Å². The van der Waals surface area contributed by atoms with Crippen molar-refractivity contribution < 1.29 is 20.4 Å². The first-order chi connectivity index (χ1) is 24.4. The first kappa shape index (κ1) is 34.0. The highest BCUT2D eigenvalue weighted by molar-refractivity contribution is 6.18. The molecule has 0 bridgehead atoms. The number of phenolic OH excluding ortho intramolecular Hbond substituents is 2. The molecule has 7 rings (SSSR count). The van der Waals surface area contributed by atoms with E-state index in [0.717, 1.165) is 95.4 Å². The van der Waals surface area contributed by atoms with Crippen LogP contribution in [0.2, 0.25) is 0 Å². The molecule has 6 aromatic rings. The number of fused-ring (bicyclic) bond motifs is 4. The molecular formula is C44H50N2O4. The minimum atomic E-state index is -0.969. The molecule has 1 aliphatic rings. The quantitative estimate of drug-likeness (QED) is 0.0971. The Hall–Kier alpha value is -4.52. The van der Waals surface area contributed by atoms with Crippen LogP contribution in [0, 0.1) is 0 Å². The van der Waals surface area contributed by atoms with Crippen LogP contribution < -0.4 is 9.80 Å². The van der Waals surface area contributed by atoms with E-state index >= 15 is 0 Å². The van der Waals surface area contributed by atoms with Crippen LogP contribution in [0.15, 0.2) is 84.9 Å². The first-order valence-electron chi connectivity index (χ1n) is 18.6. The summed E-state index contributed by atoms with van der Waals surface area (Å²) in [4.78, 5) is 4.82. The summed E-state index contributed by atoms with van der Waals surface area (Å²) in [7, 11) is 0. The van der Waals surface area contributed by atoms with Gasteiger partial charge < -0.3 is 30.2 Å². The van der Waals surface area contributed by atoms with Gasteiger partial charge in [-0.3, -0.25) is 0 Å². The third-order valence-corrected chi connectivity index (χ3v) is 10.8. The highest BCUT2D eigenvalue weighted by Gasteiger charge is 2.53. The van der Waals surface area contributed by atoms with Crippen molar-refractivity contribution in [3.05, 3.63) is 96.1 Å². The average molecular weight is 671 g/mol. The molecule has 0 aliphatic heterocycles. The molecule has 6 aromatic carbocycles. The lowest BCUT2D eigenvalue weighted by atomic mass is 9.60. The van der Waals surface area contributed by atoms with Gasteiger partial charge in [-0.05, 0) is 59.7 Å². The van der Waals surface area contributed by atoms with E-state index in [4.69, 9.17) is 0 Å². The van der Waals surface area contributed by atoms with E-state index in [1.807, 2.05) is 36.4 Å². The number of aliphatic hydroxyl groups excluding tert-OH is 2. The fourth-order valence-corrected chi connectivity index (χ4v) is 8.96. The number of hydrogen-bond acceptors (Lipinski definition) is 6. The second-order valence-electron chi connectivity index (χ2n) is 14.0. The Morgan fingerprint density at radius 2 is 0.780 bits per heavy atom. The van der Waals surface area contributed by atoms with Crippen molar-refractivity contribution in [2.45, 2.75) is 77.4 Å². The first-order valence-corrected chi connectivity index (χ1v) is 18.6. The van der Waals surface area contributed by atoms with Crippen molar-refractivity contribution in [3.63, 3.8) is 0 Å². The van der Waals surface area contributed by atoms with Gasteiger partial charge in [-0.25, -0.2) is 0 Å². The number of anilines is 2. The Morgan fingerprint density at radius 1 is 0.440 bits per heavy atom. The molecular weight excluding hydrogens is 620 g/mol. The molecule has 1 aliphatic carbocycles. The van der Waals surface area contributed by atoms with Crippen LogP contribution in [0.25, 0.3) is 43.1 Å². The lowest BCUT2D eigenvalue weighted by Gasteiger charge is -2.48.